The van der Waals surface area contributed by atoms with Gasteiger partial charge in [-0.15, -0.1) is 0 Å². The molecule has 7 heteroatoms. The average molecular weight is 388 g/mol. The first-order valence-corrected chi connectivity index (χ1v) is 8.60. The minimum Gasteiger partial charge on any atom is -0.478 e. The van der Waals surface area contributed by atoms with E-state index in [-0.39, 0.29) is 16.9 Å². The molecule has 0 unspecified atom stereocenters. The topological polar surface area (TPSA) is 110 Å². The molecule has 0 aromatic heterocycles. The molecular formula is C22H16N2O5. The first kappa shape index (κ1) is 19.5. The Bertz CT molecular complexity index is 1090. The fourth-order valence-electron chi connectivity index (χ4n) is 2.64. The second-order valence-electron chi connectivity index (χ2n) is 6.11. The van der Waals surface area contributed by atoms with Crippen LogP contribution >= 0.6 is 0 Å². The Morgan fingerprint density at radius 3 is 2.14 bits per heavy atom. The molecule has 2 N–H and O–H groups in total. The fraction of sp³-hybridized carbons (Fsp3) is 0. The Morgan fingerprint density at radius 2 is 1.52 bits per heavy atom. The maximum atomic E-state index is 12.4. The summed E-state index contributed by atoms with van der Waals surface area (Å²) in [4.78, 5) is 34.1. The lowest BCUT2D eigenvalue weighted by atomic mass is 10.1. The SMILES string of the molecule is O=C(Nc1cc(C=Cc2ccc([N+](=O)[O-])cc2)ccc1C(=O)O)c1ccccc1. The number of nitro benzene ring substituents is 1. The highest BCUT2D eigenvalue weighted by molar-refractivity contribution is 6.08. The van der Waals surface area contributed by atoms with Crippen LogP contribution in [0.25, 0.3) is 12.2 Å². The van der Waals surface area contributed by atoms with Crippen LogP contribution < -0.4 is 5.32 Å². The first-order chi connectivity index (χ1) is 13.9. The Hall–Kier alpha value is -4.26. The fourth-order valence-corrected chi connectivity index (χ4v) is 2.64. The lowest BCUT2D eigenvalue weighted by Gasteiger charge is -2.10. The Balaban J connectivity index is 1.85. The maximum Gasteiger partial charge on any atom is 0.337 e. The first-order valence-electron chi connectivity index (χ1n) is 8.60. The third-order valence-corrected chi connectivity index (χ3v) is 4.13. The summed E-state index contributed by atoms with van der Waals surface area (Å²) in [7, 11) is 0. The van der Waals surface area contributed by atoms with Crippen LogP contribution in [0.5, 0.6) is 0 Å². The number of rotatable bonds is 6. The molecule has 0 spiro atoms. The number of nitrogens with zero attached hydrogens (tertiary/aromatic N) is 1. The molecule has 0 saturated heterocycles. The third-order valence-electron chi connectivity index (χ3n) is 4.13. The van der Waals surface area contributed by atoms with Gasteiger partial charge in [0.25, 0.3) is 11.6 Å². The number of nitrogens with one attached hydrogen (secondary N) is 1. The Labute approximate surface area is 166 Å². The molecule has 0 atom stereocenters. The van der Waals surface area contributed by atoms with Crippen molar-refractivity contribution < 1.29 is 19.6 Å². The number of hydrogen-bond donors (Lipinski definition) is 2. The summed E-state index contributed by atoms with van der Waals surface area (Å²) in [6.07, 6.45) is 3.47. The summed E-state index contributed by atoms with van der Waals surface area (Å²) in [5, 5.41) is 22.7. The van der Waals surface area contributed by atoms with Crippen molar-refractivity contribution in [1.82, 2.24) is 0 Å². The zero-order chi connectivity index (χ0) is 20.8. The van der Waals surface area contributed by atoms with E-state index in [1.807, 2.05) is 0 Å². The van der Waals surface area contributed by atoms with Gasteiger partial charge in [0.15, 0.2) is 0 Å². The molecule has 0 heterocycles. The van der Waals surface area contributed by atoms with E-state index in [2.05, 4.69) is 5.32 Å². The van der Waals surface area contributed by atoms with Gasteiger partial charge in [0.05, 0.1) is 16.2 Å². The van der Waals surface area contributed by atoms with Gasteiger partial charge in [0, 0.05) is 17.7 Å². The highest BCUT2D eigenvalue weighted by Crippen LogP contribution is 2.21. The van der Waals surface area contributed by atoms with Crippen LogP contribution in [0, 0.1) is 10.1 Å². The van der Waals surface area contributed by atoms with Gasteiger partial charge in [-0.3, -0.25) is 14.9 Å². The second-order valence-corrected chi connectivity index (χ2v) is 6.11. The predicted octanol–water partition coefficient (Wildman–Crippen LogP) is 4.72. The smallest absolute Gasteiger partial charge is 0.337 e. The Kier molecular flexibility index (Phi) is 5.80. The normalized spacial score (nSPS) is 10.6. The number of hydrogen-bond acceptors (Lipinski definition) is 4. The van der Waals surface area contributed by atoms with Gasteiger partial charge < -0.3 is 10.4 Å². The highest BCUT2D eigenvalue weighted by Gasteiger charge is 2.14. The molecule has 29 heavy (non-hydrogen) atoms. The molecule has 0 aliphatic heterocycles. The summed E-state index contributed by atoms with van der Waals surface area (Å²) in [5.41, 5.74) is 1.97. The van der Waals surface area contributed by atoms with Gasteiger partial charge in [-0.25, -0.2) is 4.79 Å². The van der Waals surface area contributed by atoms with Crippen LogP contribution in [-0.2, 0) is 0 Å². The zero-order valence-electron chi connectivity index (χ0n) is 15.1. The largest absolute Gasteiger partial charge is 0.478 e. The monoisotopic (exact) mass is 388 g/mol. The molecule has 0 saturated carbocycles. The van der Waals surface area contributed by atoms with Crippen LogP contribution in [-0.4, -0.2) is 21.9 Å². The number of aromatic carboxylic acids is 1. The Morgan fingerprint density at radius 1 is 0.897 bits per heavy atom. The van der Waals surface area contributed by atoms with E-state index in [0.29, 0.717) is 11.1 Å². The van der Waals surface area contributed by atoms with E-state index in [1.54, 1.807) is 66.7 Å². The predicted molar refractivity (Wildman–Crippen MR) is 110 cm³/mol. The average Bonchev–Trinajstić information content (AvgIpc) is 2.73. The molecule has 1 amide bonds. The lowest BCUT2D eigenvalue weighted by molar-refractivity contribution is -0.384. The molecule has 0 aliphatic rings. The van der Waals surface area contributed by atoms with E-state index in [0.717, 1.165) is 5.56 Å². The van der Waals surface area contributed by atoms with Crippen LogP contribution in [0.15, 0.2) is 72.8 Å². The standard InChI is InChI=1S/C22H16N2O5/c25-21(17-4-2-1-3-5-17)23-20-14-16(10-13-19(20)22(26)27)7-6-15-8-11-18(12-9-15)24(28)29/h1-14H,(H,23,25)(H,26,27). The van der Waals surface area contributed by atoms with Crippen molar-refractivity contribution in [3.8, 4) is 0 Å². The number of benzene rings is 3. The number of carboxylic acids is 1. The number of carbonyl (C=O) groups is 2. The molecule has 0 radical (unpaired) electrons. The summed E-state index contributed by atoms with van der Waals surface area (Å²) in [6, 6.07) is 19.1. The van der Waals surface area contributed by atoms with Gasteiger partial charge in [0.2, 0.25) is 0 Å². The number of nitro groups is 1. The highest BCUT2D eigenvalue weighted by atomic mass is 16.6. The number of carboxylic acid groups (broad SMARTS) is 1. The van der Waals surface area contributed by atoms with Crippen LogP contribution in [0.1, 0.15) is 31.8 Å². The van der Waals surface area contributed by atoms with Crippen LogP contribution in [0.4, 0.5) is 11.4 Å². The molecule has 3 aromatic carbocycles. The van der Waals surface area contributed by atoms with Crippen molar-refractivity contribution in [1.29, 1.82) is 0 Å². The molecule has 7 nitrogen and oxygen atoms in total. The number of carbonyl (C=O) groups excluding carboxylic acids is 1. The quantitative estimate of drug-likeness (QED) is 0.361. The van der Waals surface area contributed by atoms with Crippen molar-refractivity contribution in [2.45, 2.75) is 0 Å². The minimum atomic E-state index is -1.15. The van der Waals surface area contributed by atoms with E-state index < -0.39 is 16.8 Å². The van der Waals surface area contributed by atoms with Gasteiger partial charge in [-0.05, 0) is 47.5 Å². The van der Waals surface area contributed by atoms with Gasteiger partial charge in [-0.1, -0.05) is 36.4 Å². The molecule has 3 aromatic rings. The van der Waals surface area contributed by atoms with Gasteiger partial charge >= 0.3 is 5.97 Å². The molecule has 0 bridgehead atoms. The van der Waals surface area contributed by atoms with Gasteiger partial charge in [0.1, 0.15) is 0 Å². The van der Waals surface area contributed by atoms with Crippen molar-refractivity contribution in [3.63, 3.8) is 0 Å². The van der Waals surface area contributed by atoms with E-state index in [4.69, 9.17) is 0 Å². The van der Waals surface area contributed by atoms with E-state index in [1.165, 1.54) is 18.2 Å². The summed E-state index contributed by atoms with van der Waals surface area (Å²) in [5.74, 6) is -1.57. The molecule has 0 aliphatic carbocycles. The summed E-state index contributed by atoms with van der Waals surface area (Å²) >= 11 is 0. The van der Waals surface area contributed by atoms with E-state index >= 15 is 0 Å². The molecule has 0 fully saturated rings. The van der Waals surface area contributed by atoms with Crippen molar-refractivity contribution in [2.75, 3.05) is 5.32 Å². The second kappa shape index (κ2) is 8.62. The molecular weight excluding hydrogens is 372 g/mol. The zero-order valence-corrected chi connectivity index (χ0v) is 15.1. The number of amides is 1. The third kappa shape index (κ3) is 4.92. The lowest BCUT2D eigenvalue weighted by Crippen LogP contribution is -2.14. The van der Waals surface area contributed by atoms with Crippen LogP contribution in [0.2, 0.25) is 0 Å². The van der Waals surface area contributed by atoms with Crippen LogP contribution in [0.3, 0.4) is 0 Å². The van der Waals surface area contributed by atoms with Crippen molar-refractivity contribution >= 4 is 35.4 Å². The molecule has 144 valence electrons. The van der Waals surface area contributed by atoms with Crippen molar-refractivity contribution in [3.05, 3.63) is 105 Å². The summed E-state index contributed by atoms with van der Waals surface area (Å²) in [6.45, 7) is 0. The number of non-ortho nitro benzene ring substituents is 1. The number of anilines is 1. The summed E-state index contributed by atoms with van der Waals surface area (Å²) < 4.78 is 0. The molecule has 3 rings (SSSR count). The van der Waals surface area contributed by atoms with Gasteiger partial charge in [-0.2, -0.15) is 0 Å². The minimum absolute atomic E-state index is 0.00104. The van der Waals surface area contributed by atoms with Crippen molar-refractivity contribution in [2.24, 2.45) is 0 Å². The maximum absolute atomic E-state index is 12.4. The van der Waals surface area contributed by atoms with E-state index in [9.17, 15) is 24.8 Å².